The van der Waals surface area contributed by atoms with Crippen LogP contribution in [-0.4, -0.2) is 25.0 Å². The van der Waals surface area contributed by atoms with Crippen LogP contribution in [0.15, 0.2) is 41.8 Å². The van der Waals surface area contributed by atoms with Crippen LogP contribution in [-0.2, 0) is 11.2 Å². The fraction of sp³-hybridized carbons (Fsp3) is 0.353. The molecule has 4 nitrogen and oxygen atoms in total. The van der Waals surface area contributed by atoms with E-state index in [1.54, 1.807) is 11.3 Å². The topological polar surface area (TPSA) is 58.4 Å². The van der Waals surface area contributed by atoms with Crippen molar-refractivity contribution in [1.29, 1.82) is 0 Å². The van der Waals surface area contributed by atoms with Gasteiger partial charge in [0.25, 0.3) is 0 Å². The lowest BCUT2D eigenvalue weighted by Gasteiger charge is -2.34. The van der Waals surface area contributed by atoms with Gasteiger partial charge in [0.2, 0.25) is 5.91 Å². The lowest BCUT2D eigenvalue weighted by Crippen LogP contribution is -2.47. The number of nitrogens with zero attached hydrogens (tertiary/aromatic N) is 1. The number of rotatable bonds is 4. The summed E-state index contributed by atoms with van der Waals surface area (Å²) in [6.07, 6.45) is 0.875. The predicted octanol–water partition coefficient (Wildman–Crippen LogP) is 2.32. The quantitative estimate of drug-likeness (QED) is 0.910. The highest BCUT2D eigenvalue weighted by Gasteiger charge is 2.23. The molecule has 2 atom stereocenters. The number of nitrogens with two attached hydrogens (primary N) is 1. The molecule has 5 heteroatoms. The summed E-state index contributed by atoms with van der Waals surface area (Å²) in [6.45, 7) is 3.08. The summed E-state index contributed by atoms with van der Waals surface area (Å²) in [5.41, 5.74) is 8.47. The zero-order valence-electron chi connectivity index (χ0n) is 12.7. The summed E-state index contributed by atoms with van der Waals surface area (Å²) in [4.78, 5) is 15.6. The molecule has 3 rings (SSSR count). The number of carbonyl (C=O) groups is 1. The Morgan fingerprint density at radius 1 is 1.41 bits per heavy atom. The summed E-state index contributed by atoms with van der Waals surface area (Å²) in [6, 6.07) is 12.4. The summed E-state index contributed by atoms with van der Waals surface area (Å²) < 4.78 is 0. The third kappa shape index (κ3) is 3.31. The van der Waals surface area contributed by atoms with Crippen molar-refractivity contribution in [2.45, 2.75) is 25.4 Å². The zero-order valence-corrected chi connectivity index (χ0v) is 13.5. The third-order valence-electron chi connectivity index (χ3n) is 3.95. The van der Waals surface area contributed by atoms with Gasteiger partial charge in [-0.25, -0.2) is 0 Å². The van der Waals surface area contributed by atoms with Crippen molar-refractivity contribution in [3.8, 4) is 0 Å². The molecular weight excluding hydrogens is 294 g/mol. The first-order valence-corrected chi connectivity index (χ1v) is 8.42. The number of anilines is 1. The van der Waals surface area contributed by atoms with Gasteiger partial charge in [0, 0.05) is 23.2 Å². The van der Waals surface area contributed by atoms with Gasteiger partial charge in [0.05, 0.1) is 12.6 Å². The molecule has 0 saturated carbocycles. The van der Waals surface area contributed by atoms with Crippen LogP contribution in [0.3, 0.4) is 0 Å². The second-order valence-corrected chi connectivity index (χ2v) is 6.76. The largest absolute Gasteiger partial charge is 0.360 e. The Morgan fingerprint density at radius 3 is 3.00 bits per heavy atom. The van der Waals surface area contributed by atoms with Gasteiger partial charge in [-0.1, -0.05) is 24.3 Å². The summed E-state index contributed by atoms with van der Waals surface area (Å²) >= 11 is 1.66. The highest BCUT2D eigenvalue weighted by molar-refractivity contribution is 7.10. The maximum absolute atomic E-state index is 12.3. The molecule has 1 amide bonds. The molecule has 0 aliphatic carbocycles. The van der Waals surface area contributed by atoms with Crippen LogP contribution >= 0.6 is 11.3 Å². The Hall–Kier alpha value is -1.85. The SMILES string of the molecule is CC(NC(=O)CN1CC(N)Cc2ccccc21)c1cccs1. The van der Waals surface area contributed by atoms with Crippen LogP contribution in [0.2, 0.25) is 0 Å². The number of thiophene rings is 1. The average molecular weight is 315 g/mol. The van der Waals surface area contributed by atoms with E-state index >= 15 is 0 Å². The van der Waals surface area contributed by atoms with Gasteiger partial charge in [-0.2, -0.15) is 0 Å². The molecule has 1 aromatic heterocycles. The first kappa shape index (κ1) is 15.1. The Morgan fingerprint density at radius 2 is 2.23 bits per heavy atom. The Labute approximate surface area is 134 Å². The summed E-state index contributed by atoms with van der Waals surface area (Å²) in [5, 5.41) is 5.09. The lowest BCUT2D eigenvalue weighted by molar-refractivity contribution is -0.120. The highest BCUT2D eigenvalue weighted by Crippen LogP contribution is 2.26. The van der Waals surface area contributed by atoms with Crippen LogP contribution in [0.1, 0.15) is 23.4 Å². The fourth-order valence-corrected chi connectivity index (χ4v) is 3.67. The molecule has 0 radical (unpaired) electrons. The monoisotopic (exact) mass is 315 g/mol. The first-order valence-electron chi connectivity index (χ1n) is 7.54. The van der Waals surface area contributed by atoms with Gasteiger partial charge in [0.1, 0.15) is 0 Å². The maximum atomic E-state index is 12.3. The zero-order chi connectivity index (χ0) is 15.5. The summed E-state index contributed by atoms with van der Waals surface area (Å²) in [7, 11) is 0. The van der Waals surface area contributed by atoms with Gasteiger partial charge < -0.3 is 16.0 Å². The van der Waals surface area contributed by atoms with Crippen LogP contribution in [0.5, 0.6) is 0 Å². The number of para-hydroxylation sites is 1. The smallest absolute Gasteiger partial charge is 0.240 e. The molecule has 2 unspecified atom stereocenters. The minimum Gasteiger partial charge on any atom is -0.360 e. The van der Waals surface area contributed by atoms with Gasteiger partial charge >= 0.3 is 0 Å². The van der Waals surface area contributed by atoms with E-state index in [1.807, 2.05) is 36.6 Å². The van der Waals surface area contributed by atoms with E-state index in [4.69, 9.17) is 5.73 Å². The van der Waals surface area contributed by atoms with E-state index in [0.717, 1.165) is 18.7 Å². The van der Waals surface area contributed by atoms with E-state index in [2.05, 4.69) is 22.3 Å². The van der Waals surface area contributed by atoms with Gasteiger partial charge in [-0.05, 0) is 36.4 Å². The van der Waals surface area contributed by atoms with E-state index in [1.165, 1.54) is 10.4 Å². The van der Waals surface area contributed by atoms with Gasteiger partial charge in [-0.15, -0.1) is 11.3 Å². The number of hydrogen-bond acceptors (Lipinski definition) is 4. The normalized spacial score (nSPS) is 18.6. The minimum atomic E-state index is 0.0322. The number of amides is 1. The van der Waals surface area contributed by atoms with Crippen LogP contribution in [0.4, 0.5) is 5.69 Å². The first-order chi connectivity index (χ1) is 10.6. The predicted molar refractivity (Wildman–Crippen MR) is 91.2 cm³/mol. The lowest BCUT2D eigenvalue weighted by atomic mass is 9.98. The molecule has 0 spiro atoms. The summed E-state index contributed by atoms with van der Waals surface area (Å²) in [5.74, 6) is 0.0322. The molecular formula is C17H21N3OS. The third-order valence-corrected chi connectivity index (χ3v) is 5.01. The second kappa shape index (κ2) is 6.50. The van der Waals surface area contributed by atoms with Crippen molar-refractivity contribution in [1.82, 2.24) is 5.32 Å². The number of fused-ring (bicyclic) bond motifs is 1. The standard InChI is InChI=1S/C17H21N3OS/c1-12(16-7-4-8-22-16)19-17(21)11-20-10-14(18)9-13-5-2-3-6-15(13)20/h2-8,12,14H,9-11,18H2,1H3,(H,19,21). The molecule has 0 bridgehead atoms. The maximum Gasteiger partial charge on any atom is 0.240 e. The molecule has 2 aromatic rings. The van der Waals surface area contributed by atoms with Crippen molar-refractivity contribution >= 4 is 22.9 Å². The molecule has 1 aliphatic rings. The van der Waals surface area contributed by atoms with E-state index in [-0.39, 0.29) is 18.0 Å². The molecule has 1 aromatic carbocycles. The highest BCUT2D eigenvalue weighted by atomic mass is 32.1. The van der Waals surface area contributed by atoms with Gasteiger partial charge in [0.15, 0.2) is 0 Å². The van der Waals surface area contributed by atoms with Crippen molar-refractivity contribution in [3.63, 3.8) is 0 Å². The average Bonchev–Trinajstić information content (AvgIpc) is 3.01. The van der Waals surface area contributed by atoms with Crippen molar-refractivity contribution in [2.75, 3.05) is 18.0 Å². The molecule has 116 valence electrons. The second-order valence-electron chi connectivity index (χ2n) is 5.78. The number of nitrogens with one attached hydrogen (secondary N) is 1. The Bertz CT molecular complexity index is 641. The van der Waals surface area contributed by atoms with Crippen molar-refractivity contribution in [2.24, 2.45) is 5.73 Å². The number of benzene rings is 1. The molecule has 1 aliphatic heterocycles. The van der Waals surface area contributed by atoms with E-state index in [9.17, 15) is 4.79 Å². The fourth-order valence-electron chi connectivity index (χ4n) is 2.94. The van der Waals surface area contributed by atoms with Crippen molar-refractivity contribution in [3.05, 3.63) is 52.2 Å². The Kier molecular flexibility index (Phi) is 4.45. The number of hydrogen-bond donors (Lipinski definition) is 2. The molecule has 0 fully saturated rings. The van der Waals surface area contributed by atoms with Crippen LogP contribution in [0, 0.1) is 0 Å². The molecule has 22 heavy (non-hydrogen) atoms. The molecule has 3 N–H and O–H groups in total. The van der Waals surface area contributed by atoms with Crippen molar-refractivity contribution < 1.29 is 4.79 Å². The molecule has 0 saturated heterocycles. The number of carbonyl (C=O) groups excluding carboxylic acids is 1. The van der Waals surface area contributed by atoms with E-state index in [0.29, 0.717) is 6.54 Å². The van der Waals surface area contributed by atoms with E-state index < -0.39 is 0 Å². The van der Waals surface area contributed by atoms with Crippen LogP contribution < -0.4 is 16.0 Å². The Balaban J connectivity index is 1.66. The minimum absolute atomic E-state index is 0.0322. The van der Waals surface area contributed by atoms with Gasteiger partial charge in [-0.3, -0.25) is 4.79 Å². The van der Waals surface area contributed by atoms with Crippen LogP contribution in [0.25, 0.3) is 0 Å². The molecule has 2 heterocycles.